The van der Waals surface area contributed by atoms with Crippen LogP contribution in [-0.2, 0) is 0 Å². The number of rotatable bonds is 8. The monoisotopic (exact) mass is 256 g/mol. The molecule has 0 aliphatic rings. The van der Waals surface area contributed by atoms with Gasteiger partial charge in [-0.05, 0) is 37.0 Å². The third-order valence-electron chi connectivity index (χ3n) is 2.59. The van der Waals surface area contributed by atoms with Crippen LogP contribution in [0.3, 0.4) is 0 Å². The van der Waals surface area contributed by atoms with Crippen LogP contribution >= 0.6 is 0 Å². The van der Waals surface area contributed by atoms with Crippen LogP contribution in [0, 0.1) is 0 Å². The number of halogens is 2. The molecule has 0 amide bonds. The van der Waals surface area contributed by atoms with Gasteiger partial charge in [-0.1, -0.05) is 18.2 Å². The third kappa shape index (κ3) is 4.81. The van der Waals surface area contributed by atoms with Gasteiger partial charge in [-0.3, -0.25) is 11.3 Å². The van der Waals surface area contributed by atoms with E-state index in [2.05, 4.69) is 16.7 Å². The van der Waals surface area contributed by atoms with Gasteiger partial charge < -0.3 is 4.74 Å². The van der Waals surface area contributed by atoms with Crippen LogP contribution in [0.1, 0.15) is 30.9 Å². The lowest BCUT2D eigenvalue weighted by atomic mass is 10.0. The van der Waals surface area contributed by atoms with Crippen molar-refractivity contribution in [2.45, 2.75) is 31.9 Å². The molecule has 3 nitrogen and oxygen atoms in total. The summed E-state index contributed by atoms with van der Waals surface area (Å²) in [4.78, 5) is 0. The third-order valence-corrected chi connectivity index (χ3v) is 2.59. The Kier molecular flexibility index (Phi) is 6.32. The second-order valence-corrected chi connectivity index (χ2v) is 3.89. The molecule has 0 spiro atoms. The molecule has 0 aromatic heterocycles. The summed E-state index contributed by atoms with van der Waals surface area (Å²) in [6.07, 6.45) is 4.47. The molecule has 1 aromatic carbocycles. The number of unbranched alkanes of at least 4 members (excludes halogenated alkanes) is 1. The molecule has 3 N–H and O–H groups in total. The highest BCUT2D eigenvalue weighted by Crippen LogP contribution is 2.23. The van der Waals surface area contributed by atoms with Gasteiger partial charge in [0.25, 0.3) is 0 Å². The second kappa shape index (κ2) is 7.79. The van der Waals surface area contributed by atoms with Gasteiger partial charge in [-0.25, -0.2) is 0 Å². The highest BCUT2D eigenvalue weighted by atomic mass is 19.3. The molecule has 0 heterocycles. The van der Waals surface area contributed by atoms with E-state index < -0.39 is 6.61 Å². The summed E-state index contributed by atoms with van der Waals surface area (Å²) in [5.74, 6) is 5.62. The van der Waals surface area contributed by atoms with Crippen molar-refractivity contribution in [2.75, 3.05) is 0 Å². The first-order valence-electron chi connectivity index (χ1n) is 5.79. The highest BCUT2D eigenvalue weighted by Gasteiger charge is 2.11. The van der Waals surface area contributed by atoms with Gasteiger partial charge >= 0.3 is 6.61 Å². The number of nitrogens with two attached hydrogens (primary N) is 1. The smallest absolute Gasteiger partial charge is 0.387 e. The number of hydrogen-bond donors (Lipinski definition) is 2. The zero-order chi connectivity index (χ0) is 13.4. The molecule has 1 aromatic rings. The number of nitrogens with one attached hydrogen (secondary N) is 1. The average Bonchev–Trinajstić information content (AvgIpc) is 2.34. The second-order valence-electron chi connectivity index (χ2n) is 3.89. The maximum absolute atomic E-state index is 12.1. The standard InChI is InChI=1S/C13H18F2N2O/c1-2-3-4-8-12(17-16)10-6-5-7-11(9-10)18-13(14)15/h2,5-7,9,12-13,17H,1,3-4,8,16H2. The molecule has 1 rings (SSSR count). The SMILES string of the molecule is C=CCCCC(NN)c1cccc(OC(F)F)c1. The van der Waals surface area contributed by atoms with E-state index in [0.29, 0.717) is 0 Å². The molecule has 1 atom stereocenters. The topological polar surface area (TPSA) is 47.3 Å². The fraction of sp³-hybridized carbons (Fsp3) is 0.385. The Bertz CT molecular complexity index is 372. The van der Waals surface area contributed by atoms with Crippen LogP contribution < -0.4 is 16.0 Å². The number of hydrogen-bond acceptors (Lipinski definition) is 3. The first-order chi connectivity index (χ1) is 8.67. The van der Waals surface area contributed by atoms with Gasteiger partial charge in [0, 0.05) is 6.04 Å². The first kappa shape index (κ1) is 14.6. The summed E-state index contributed by atoms with van der Waals surface area (Å²) in [7, 11) is 0. The predicted molar refractivity (Wildman–Crippen MR) is 67.2 cm³/mol. The summed E-state index contributed by atoms with van der Waals surface area (Å²) >= 11 is 0. The molecular weight excluding hydrogens is 238 g/mol. The van der Waals surface area contributed by atoms with E-state index in [1.54, 1.807) is 12.1 Å². The summed E-state index contributed by atoms with van der Waals surface area (Å²) < 4.78 is 28.6. The summed E-state index contributed by atoms with van der Waals surface area (Å²) in [6.45, 7) is 0.833. The van der Waals surface area contributed by atoms with E-state index in [1.807, 2.05) is 12.1 Å². The van der Waals surface area contributed by atoms with Crippen molar-refractivity contribution in [1.29, 1.82) is 0 Å². The number of alkyl halides is 2. The minimum Gasteiger partial charge on any atom is -0.435 e. The quantitative estimate of drug-likeness (QED) is 0.325. The van der Waals surface area contributed by atoms with Crippen LogP contribution in [0.4, 0.5) is 8.78 Å². The van der Waals surface area contributed by atoms with Crippen molar-refractivity contribution < 1.29 is 13.5 Å². The van der Waals surface area contributed by atoms with Gasteiger partial charge in [-0.15, -0.1) is 6.58 Å². The molecule has 100 valence electrons. The van der Waals surface area contributed by atoms with E-state index in [0.717, 1.165) is 24.8 Å². The Morgan fingerprint density at radius 1 is 1.44 bits per heavy atom. The number of benzene rings is 1. The van der Waals surface area contributed by atoms with Crippen LogP contribution in [0.5, 0.6) is 5.75 Å². The van der Waals surface area contributed by atoms with Crippen molar-refractivity contribution in [3.8, 4) is 5.75 Å². The lowest BCUT2D eigenvalue weighted by Gasteiger charge is -2.16. The van der Waals surface area contributed by atoms with Gasteiger partial charge in [-0.2, -0.15) is 8.78 Å². The molecule has 18 heavy (non-hydrogen) atoms. The number of allylic oxidation sites excluding steroid dienone is 1. The van der Waals surface area contributed by atoms with Crippen LogP contribution in [0.2, 0.25) is 0 Å². The van der Waals surface area contributed by atoms with E-state index in [1.165, 1.54) is 6.07 Å². The Hall–Kier alpha value is -1.46. The van der Waals surface area contributed by atoms with Crippen LogP contribution in [0.25, 0.3) is 0 Å². The maximum atomic E-state index is 12.1. The molecule has 0 saturated heterocycles. The molecule has 0 saturated carbocycles. The largest absolute Gasteiger partial charge is 0.435 e. The molecule has 0 aliphatic heterocycles. The summed E-state index contributed by atoms with van der Waals surface area (Å²) in [6, 6.07) is 6.49. The van der Waals surface area contributed by atoms with Gasteiger partial charge in [0.2, 0.25) is 0 Å². The molecular formula is C13H18F2N2O. The Labute approximate surface area is 106 Å². The van der Waals surface area contributed by atoms with Crippen LogP contribution in [-0.4, -0.2) is 6.61 Å². The highest BCUT2D eigenvalue weighted by molar-refractivity contribution is 5.30. The Morgan fingerprint density at radius 3 is 2.83 bits per heavy atom. The number of hydrazine groups is 1. The van der Waals surface area contributed by atoms with E-state index in [9.17, 15) is 8.78 Å². The number of ether oxygens (including phenoxy) is 1. The normalized spacial score (nSPS) is 12.4. The van der Waals surface area contributed by atoms with Gasteiger partial charge in [0.1, 0.15) is 5.75 Å². The van der Waals surface area contributed by atoms with Crippen molar-refractivity contribution in [3.05, 3.63) is 42.5 Å². The fourth-order valence-electron chi connectivity index (χ4n) is 1.72. The molecule has 0 aliphatic carbocycles. The van der Waals surface area contributed by atoms with E-state index in [-0.39, 0.29) is 11.8 Å². The zero-order valence-electron chi connectivity index (χ0n) is 10.1. The van der Waals surface area contributed by atoms with Crippen molar-refractivity contribution in [1.82, 2.24) is 5.43 Å². The van der Waals surface area contributed by atoms with Crippen molar-refractivity contribution in [2.24, 2.45) is 5.84 Å². The first-order valence-corrected chi connectivity index (χ1v) is 5.79. The molecule has 0 bridgehead atoms. The van der Waals surface area contributed by atoms with Gasteiger partial charge in [0.05, 0.1) is 0 Å². The Morgan fingerprint density at radius 2 is 2.22 bits per heavy atom. The minimum atomic E-state index is -2.81. The lowest BCUT2D eigenvalue weighted by Crippen LogP contribution is -2.28. The van der Waals surface area contributed by atoms with Crippen molar-refractivity contribution >= 4 is 0 Å². The molecule has 0 fully saturated rings. The Balaban J connectivity index is 2.69. The maximum Gasteiger partial charge on any atom is 0.387 e. The minimum absolute atomic E-state index is 0.0776. The predicted octanol–water partition coefficient (Wildman–Crippen LogP) is 3.15. The molecule has 0 radical (unpaired) electrons. The summed E-state index contributed by atoms with van der Waals surface area (Å²) in [5, 5.41) is 0. The average molecular weight is 256 g/mol. The van der Waals surface area contributed by atoms with Crippen LogP contribution in [0.15, 0.2) is 36.9 Å². The molecule has 1 unspecified atom stereocenters. The summed E-state index contributed by atoms with van der Waals surface area (Å²) in [5.41, 5.74) is 3.51. The lowest BCUT2D eigenvalue weighted by molar-refractivity contribution is -0.0499. The van der Waals surface area contributed by atoms with E-state index in [4.69, 9.17) is 5.84 Å². The van der Waals surface area contributed by atoms with Crippen molar-refractivity contribution in [3.63, 3.8) is 0 Å². The van der Waals surface area contributed by atoms with E-state index >= 15 is 0 Å². The molecule has 5 heteroatoms. The fourth-order valence-corrected chi connectivity index (χ4v) is 1.72. The van der Waals surface area contributed by atoms with Gasteiger partial charge in [0.15, 0.2) is 0 Å². The zero-order valence-corrected chi connectivity index (χ0v) is 10.1.